The van der Waals surface area contributed by atoms with Crippen molar-refractivity contribution >= 4 is 5.97 Å². The van der Waals surface area contributed by atoms with Crippen molar-refractivity contribution in [1.29, 1.82) is 0 Å². The largest absolute Gasteiger partial charge is 0.466 e. The minimum atomic E-state index is -0.862. The molecule has 0 spiro atoms. The van der Waals surface area contributed by atoms with Gasteiger partial charge in [0.2, 0.25) is 0 Å². The first-order valence-electron chi connectivity index (χ1n) is 7.32. The SMILES string of the molecule is CCCC(C(=O)OCC)C1(O)CC(C)CC(C)C1. The van der Waals surface area contributed by atoms with Gasteiger partial charge in [0.15, 0.2) is 0 Å². The van der Waals surface area contributed by atoms with Gasteiger partial charge in [-0.3, -0.25) is 4.79 Å². The number of rotatable bonds is 5. The predicted molar refractivity (Wildman–Crippen MR) is 72.2 cm³/mol. The maximum Gasteiger partial charge on any atom is 0.311 e. The Labute approximate surface area is 111 Å². The highest BCUT2D eigenvalue weighted by Gasteiger charge is 2.45. The van der Waals surface area contributed by atoms with E-state index in [1.807, 2.05) is 13.8 Å². The molecular formula is C15H28O3. The Balaban J connectivity index is 2.84. The minimum Gasteiger partial charge on any atom is -0.466 e. The van der Waals surface area contributed by atoms with E-state index in [4.69, 9.17) is 4.74 Å². The minimum absolute atomic E-state index is 0.219. The van der Waals surface area contributed by atoms with Crippen LogP contribution in [0.25, 0.3) is 0 Å². The van der Waals surface area contributed by atoms with Gasteiger partial charge in [0.05, 0.1) is 18.1 Å². The second-order valence-corrected chi connectivity index (χ2v) is 6.05. The van der Waals surface area contributed by atoms with Crippen molar-refractivity contribution in [2.45, 2.75) is 65.4 Å². The third-order valence-electron chi connectivity index (χ3n) is 4.01. The molecule has 106 valence electrons. The average Bonchev–Trinajstić information content (AvgIpc) is 2.23. The first-order chi connectivity index (χ1) is 8.42. The topological polar surface area (TPSA) is 46.5 Å². The second-order valence-electron chi connectivity index (χ2n) is 6.05. The molecule has 0 aliphatic heterocycles. The van der Waals surface area contributed by atoms with Crippen molar-refractivity contribution in [3.05, 3.63) is 0 Å². The van der Waals surface area contributed by atoms with Crippen molar-refractivity contribution in [3.8, 4) is 0 Å². The zero-order chi connectivity index (χ0) is 13.8. The summed E-state index contributed by atoms with van der Waals surface area (Å²) in [4.78, 5) is 12.1. The van der Waals surface area contributed by atoms with E-state index < -0.39 is 5.60 Å². The van der Waals surface area contributed by atoms with Crippen LogP contribution in [-0.4, -0.2) is 23.3 Å². The fraction of sp³-hybridized carbons (Fsp3) is 0.933. The number of hydrogen-bond acceptors (Lipinski definition) is 3. The molecule has 0 aromatic rings. The molecule has 1 rings (SSSR count). The molecule has 3 atom stereocenters. The van der Waals surface area contributed by atoms with Gasteiger partial charge in [0.1, 0.15) is 0 Å². The predicted octanol–water partition coefficient (Wildman–Crippen LogP) is 3.15. The van der Waals surface area contributed by atoms with E-state index >= 15 is 0 Å². The summed E-state index contributed by atoms with van der Waals surface area (Å²) in [6, 6.07) is 0. The summed E-state index contributed by atoms with van der Waals surface area (Å²) in [6.07, 6.45) is 4.20. The van der Waals surface area contributed by atoms with E-state index in [-0.39, 0.29) is 11.9 Å². The fourth-order valence-corrected chi connectivity index (χ4v) is 3.57. The van der Waals surface area contributed by atoms with Gasteiger partial charge in [-0.25, -0.2) is 0 Å². The summed E-state index contributed by atoms with van der Waals surface area (Å²) in [6.45, 7) is 8.58. The lowest BCUT2D eigenvalue weighted by Crippen LogP contribution is -2.48. The Kier molecular flexibility index (Phi) is 5.64. The van der Waals surface area contributed by atoms with Crippen LogP contribution < -0.4 is 0 Å². The lowest BCUT2D eigenvalue weighted by Gasteiger charge is -2.43. The van der Waals surface area contributed by atoms with E-state index in [1.54, 1.807) is 0 Å². The monoisotopic (exact) mass is 256 g/mol. The number of ether oxygens (including phenoxy) is 1. The molecule has 0 heterocycles. The van der Waals surface area contributed by atoms with E-state index in [0.29, 0.717) is 18.4 Å². The quantitative estimate of drug-likeness (QED) is 0.769. The molecule has 1 aliphatic rings. The maximum atomic E-state index is 12.1. The molecule has 1 aliphatic carbocycles. The molecule has 3 nitrogen and oxygen atoms in total. The highest BCUT2D eigenvalue weighted by Crippen LogP contribution is 2.42. The van der Waals surface area contributed by atoms with Gasteiger partial charge in [-0.1, -0.05) is 27.2 Å². The molecule has 0 aromatic carbocycles. The van der Waals surface area contributed by atoms with Crippen LogP contribution in [-0.2, 0) is 9.53 Å². The van der Waals surface area contributed by atoms with E-state index in [2.05, 4.69) is 13.8 Å². The summed E-state index contributed by atoms with van der Waals surface area (Å²) < 4.78 is 5.15. The van der Waals surface area contributed by atoms with Gasteiger partial charge in [0.25, 0.3) is 0 Å². The molecule has 1 N–H and O–H groups in total. The molecule has 0 radical (unpaired) electrons. The van der Waals surface area contributed by atoms with Crippen LogP contribution in [0.2, 0.25) is 0 Å². The van der Waals surface area contributed by atoms with E-state index in [1.165, 1.54) is 0 Å². The molecule has 0 aromatic heterocycles. The first kappa shape index (κ1) is 15.5. The van der Waals surface area contributed by atoms with Gasteiger partial charge in [-0.2, -0.15) is 0 Å². The number of carbonyl (C=O) groups excluding carboxylic acids is 1. The molecular weight excluding hydrogens is 228 g/mol. The van der Waals surface area contributed by atoms with Gasteiger partial charge < -0.3 is 9.84 Å². The van der Waals surface area contributed by atoms with Crippen LogP contribution in [0.15, 0.2) is 0 Å². The Morgan fingerprint density at radius 2 is 1.89 bits per heavy atom. The Hall–Kier alpha value is -0.570. The van der Waals surface area contributed by atoms with Gasteiger partial charge in [-0.15, -0.1) is 0 Å². The standard InChI is InChI=1S/C15H28O3/c1-5-7-13(14(16)18-6-2)15(17)9-11(3)8-12(4)10-15/h11-13,17H,5-10H2,1-4H3. The molecule has 18 heavy (non-hydrogen) atoms. The highest BCUT2D eigenvalue weighted by atomic mass is 16.5. The van der Waals surface area contributed by atoms with Crippen molar-refractivity contribution < 1.29 is 14.6 Å². The summed E-state index contributed by atoms with van der Waals surface area (Å²) in [5.41, 5.74) is -0.862. The zero-order valence-electron chi connectivity index (χ0n) is 12.2. The molecule has 1 saturated carbocycles. The van der Waals surface area contributed by atoms with Crippen LogP contribution in [0.4, 0.5) is 0 Å². The number of esters is 1. The first-order valence-corrected chi connectivity index (χ1v) is 7.32. The summed E-state index contributed by atoms with van der Waals surface area (Å²) in [5.74, 6) is 0.385. The lowest BCUT2D eigenvalue weighted by atomic mass is 9.67. The zero-order valence-corrected chi connectivity index (χ0v) is 12.2. The van der Waals surface area contributed by atoms with Crippen LogP contribution in [0.5, 0.6) is 0 Å². The molecule has 0 amide bonds. The number of hydrogen-bond donors (Lipinski definition) is 1. The Bertz CT molecular complexity index is 265. The smallest absolute Gasteiger partial charge is 0.311 e. The Morgan fingerprint density at radius 1 is 1.33 bits per heavy atom. The third-order valence-corrected chi connectivity index (χ3v) is 4.01. The van der Waals surface area contributed by atoms with E-state index in [0.717, 1.165) is 32.1 Å². The molecule has 3 unspecified atom stereocenters. The van der Waals surface area contributed by atoms with Gasteiger partial charge in [0, 0.05) is 0 Å². The molecule has 0 bridgehead atoms. The normalized spacial score (nSPS) is 34.1. The van der Waals surface area contributed by atoms with Crippen molar-refractivity contribution in [2.75, 3.05) is 6.61 Å². The van der Waals surface area contributed by atoms with Crippen LogP contribution in [0.1, 0.15) is 59.8 Å². The number of aliphatic hydroxyl groups is 1. The van der Waals surface area contributed by atoms with Crippen molar-refractivity contribution in [2.24, 2.45) is 17.8 Å². The molecule has 1 fully saturated rings. The lowest BCUT2D eigenvalue weighted by molar-refractivity contribution is -0.164. The molecule has 3 heteroatoms. The Morgan fingerprint density at radius 3 is 2.33 bits per heavy atom. The number of carbonyl (C=O) groups is 1. The average molecular weight is 256 g/mol. The fourth-order valence-electron chi connectivity index (χ4n) is 3.57. The highest BCUT2D eigenvalue weighted by molar-refractivity contribution is 5.74. The summed E-state index contributed by atoms with van der Waals surface area (Å²) in [5, 5.41) is 10.9. The van der Waals surface area contributed by atoms with Crippen LogP contribution in [0, 0.1) is 17.8 Å². The second kappa shape index (κ2) is 6.55. The van der Waals surface area contributed by atoms with Crippen molar-refractivity contribution in [3.63, 3.8) is 0 Å². The maximum absolute atomic E-state index is 12.1. The summed E-state index contributed by atoms with van der Waals surface area (Å²) >= 11 is 0. The van der Waals surface area contributed by atoms with Crippen LogP contribution >= 0.6 is 0 Å². The van der Waals surface area contributed by atoms with Crippen molar-refractivity contribution in [1.82, 2.24) is 0 Å². The van der Waals surface area contributed by atoms with Gasteiger partial charge >= 0.3 is 5.97 Å². The summed E-state index contributed by atoms with van der Waals surface area (Å²) in [7, 11) is 0. The van der Waals surface area contributed by atoms with E-state index in [9.17, 15) is 9.90 Å². The third kappa shape index (κ3) is 3.71. The molecule has 0 saturated heterocycles. The van der Waals surface area contributed by atoms with Gasteiger partial charge in [-0.05, 0) is 44.4 Å². The van der Waals surface area contributed by atoms with Crippen LogP contribution in [0.3, 0.4) is 0 Å².